The number of halogens is 2. The SMILES string of the molecule is CCN(C(C)=O)c1nc(COC(=O)c2cnc(Cl)c(Cl)c2)cs1. The lowest BCUT2D eigenvalue weighted by molar-refractivity contribution is -0.116. The molecule has 0 aliphatic rings. The van der Waals surface area contributed by atoms with Crippen molar-refractivity contribution in [1.29, 1.82) is 0 Å². The van der Waals surface area contributed by atoms with Crippen LogP contribution in [-0.2, 0) is 16.1 Å². The maximum absolute atomic E-state index is 11.9. The van der Waals surface area contributed by atoms with Gasteiger partial charge in [0.05, 0.1) is 16.3 Å². The first kappa shape index (κ1) is 17.7. The van der Waals surface area contributed by atoms with Crippen LogP contribution in [0.15, 0.2) is 17.6 Å². The van der Waals surface area contributed by atoms with Gasteiger partial charge in [0, 0.05) is 25.0 Å². The van der Waals surface area contributed by atoms with Crippen molar-refractivity contribution >= 4 is 51.5 Å². The summed E-state index contributed by atoms with van der Waals surface area (Å²) < 4.78 is 5.16. The Morgan fingerprint density at radius 3 is 2.74 bits per heavy atom. The first-order valence-corrected chi connectivity index (χ1v) is 8.26. The predicted molar refractivity (Wildman–Crippen MR) is 89.2 cm³/mol. The van der Waals surface area contributed by atoms with Crippen LogP contribution >= 0.6 is 34.5 Å². The second-order valence-electron chi connectivity index (χ2n) is 4.46. The fraction of sp³-hybridized carbons (Fsp3) is 0.286. The Bertz CT molecular complexity index is 736. The lowest BCUT2D eigenvalue weighted by Gasteiger charge is -2.14. The Morgan fingerprint density at radius 2 is 2.13 bits per heavy atom. The molecular weight excluding hydrogens is 361 g/mol. The van der Waals surface area contributed by atoms with E-state index in [2.05, 4.69) is 9.97 Å². The maximum Gasteiger partial charge on any atom is 0.340 e. The van der Waals surface area contributed by atoms with Crippen LogP contribution in [0.1, 0.15) is 29.9 Å². The number of ether oxygens (including phenoxy) is 1. The standard InChI is InChI=1S/C14H13Cl2N3O3S/c1-3-19(8(2)20)14-18-10(7-23-14)6-22-13(21)9-4-11(15)12(16)17-5-9/h4-5,7H,3,6H2,1-2H3. The molecule has 0 radical (unpaired) electrons. The summed E-state index contributed by atoms with van der Waals surface area (Å²) in [5.41, 5.74) is 0.764. The topological polar surface area (TPSA) is 72.4 Å². The number of esters is 1. The minimum Gasteiger partial charge on any atom is -0.456 e. The number of nitrogens with zero attached hydrogens (tertiary/aromatic N) is 3. The summed E-state index contributed by atoms with van der Waals surface area (Å²) in [6.45, 7) is 3.85. The van der Waals surface area contributed by atoms with Crippen molar-refractivity contribution in [1.82, 2.24) is 9.97 Å². The molecule has 0 saturated heterocycles. The van der Waals surface area contributed by atoms with Crippen molar-refractivity contribution in [2.75, 3.05) is 11.4 Å². The summed E-state index contributed by atoms with van der Waals surface area (Å²) in [7, 11) is 0. The summed E-state index contributed by atoms with van der Waals surface area (Å²) in [4.78, 5) is 33.0. The first-order chi connectivity index (χ1) is 10.9. The highest BCUT2D eigenvalue weighted by Gasteiger charge is 2.15. The number of rotatable bonds is 5. The third kappa shape index (κ3) is 4.40. The molecule has 23 heavy (non-hydrogen) atoms. The van der Waals surface area contributed by atoms with Gasteiger partial charge in [-0.3, -0.25) is 9.69 Å². The van der Waals surface area contributed by atoms with Gasteiger partial charge >= 0.3 is 5.97 Å². The summed E-state index contributed by atoms with van der Waals surface area (Å²) in [6, 6.07) is 1.39. The van der Waals surface area contributed by atoms with Gasteiger partial charge in [-0.05, 0) is 13.0 Å². The Balaban J connectivity index is 2.00. The number of pyridine rings is 1. The summed E-state index contributed by atoms with van der Waals surface area (Å²) >= 11 is 12.8. The smallest absolute Gasteiger partial charge is 0.340 e. The molecule has 9 heteroatoms. The van der Waals surface area contributed by atoms with E-state index in [0.29, 0.717) is 17.4 Å². The van der Waals surface area contributed by atoms with Crippen LogP contribution in [0.2, 0.25) is 10.2 Å². The largest absolute Gasteiger partial charge is 0.456 e. The van der Waals surface area contributed by atoms with Crippen LogP contribution in [0.4, 0.5) is 5.13 Å². The van der Waals surface area contributed by atoms with Gasteiger partial charge in [-0.2, -0.15) is 0 Å². The van der Waals surface area contributed by atoms with E-state index in [1.54, 1.807) is 10.3 Å². The van der Waals surface area contributed by atoms with Crippen molar-refractivity contribution in [2.45, 2.75) is 20.5 Å². The minimum absolute atomic E-state index is 0.00889. The number of aromatic nitrogens is 2. The molecule has 0 spiro atoms. The van der Waals surface area contributed by atoms with Gasteiger partial charge in [0.15, 0.2) is 5.13 Å². The molecule has 0 fully saturated rings. The molecule has 6 nitrogen and oxygen atoms in total. The highest BCUT2D eigenvalue weighted by atomic mass is 35.5. The van der Waals surface area contributed by atoms with Gasteiger partial charge in [-0.25, -0.2) is 14.8 Å². The van der Waals surface area contributed by atoms with E-state index in [1.807, 2.05) is 6.92 Å². The van der Waals surface area contributed by atoms with E-state index >= 15 is 0 Å². The van der Waals surface area contributed by atoms with Crippen LogP contribution in [0.5, 0.6) is 0 Å². The third-order valence-electron chi connectivity index (χ3n) is 2.85. The molecule has 0 N–H and O–H groups in total. The lowest BCUT2D eigenvalue weighted by atomic mass is 10.3. The molecule has 0 aromatic carbocycles. The lowest BCUT2D eigenvalue weighted by Crippen LogP contribution is -2.27. The molecule has 0 aliphatic carbocycles. The second kappa shape index (κ2) is 7.72. The van der Waals surface area contributed by atoms with Crippen LogP contribution < -0.4 is 4.90 Å². The molecule has 0 unspecified atom stereocenters. The monoisotopic (exact) mass is 373 g/mol. The van der Waals surface area contributed by atoms with E-state index < -0.39 is 5.97 Å². The first-order valence-electron chi connectivity index (χ1n) is 6.63. The highest BCUT2D eigenvalue weighted by molar-refractivity contribution is 7.14. The molecule has 0 atom stereocenters. The summed E-state index contributed by atoms with van der Waals surface area (Å²) in [5.74, 6) is -0.670. The van der Waals surface area contributed by atoms with Crippen LogP contribution in [0, 0.1) is 0 Å². The van der Waals surface area contributed by atoms with E-state index in [4.69, 9.17) is 27.9 Å². The number of thiazole rings is 1. The zero-order chi connectivity index (χ0) is 17.0. The van der Waals surface area contributed by atoms with Gasteiger partial charge in [0.2, 0.25) is 5.91 Å². The van der Waals surface area contributed by atoms with Crippen LogP contribution in [-0.4, -0.2) is 28.4 Å². The van der Waals surface area contributed by atoms with E-state index in [0.717, 1.165) is 0 Å². The zero-order valence-corrected chi connectivity index (χ0v) is 14.7. The van der Waals surface area contributed by atoms with E-state index in [1.165, 1.54) is 30.5 Å². The number of anilines is 1. The fourth-order valence-electron chi connectivity index (χ4n) is 1.73. The van der Waals surface area contributed by atoms with Crippen molar-refractivity contribution in [3.05, 3.63) is 39.1 Å². The highest BCUT2D eigenvalue weighted by Crippen LogP contribution is 2.22. The molecular formula is C14H13Cl2N3O3S. The van der Waals surface area contributed by atoms with E-state index in [-0.39, 0.29) is 28.3 Å². The van der Waals surface area contributed by atoms with Gasteiger partial charge in [0.1, 0.15) is 11.8 Å². The van der Waals surface area contributed by atoms with Gasteiger partial charge in [-0.1, -0.05) is 23.2 Å². The maximum atomic E-state index is 11.9. The average molecular weight is 374 g/mol. The molecule has 2 heterocycles. The minimum atomic E-state index is -0.579. The molecule has 0 saturated carbocycles. The molecule has 122 valence electrons. The van der Waals surface area contributed by atoms with E-state index in [9.17, 15) is 9.59 Å². The molecule has 2 aromatic rings. The Morgan fingerprint density at radius 1 is 1.39 bits per heavy atom. The van der Waals surface area contributed by atoms with Gasteiger partial charge in [0.25, 0.3) is 0 Å². The molecule has 0 aliphatic heterocycles. The second-order valence-corrected chi connectivity index (χ2v) is 6.06. The molecule has 0 bridgehead atoms. The molecule has 2 rings (SSSR count). The van der Waals surface area contributed by atoms with Crippen LogP contribution in [0.3, 0.4) is 0 Å². The third-order valence-corrected chi connectivity index (χ3v) is 4.45. The van der Waals surface area contributed by atoms with Crippen molar-refractivity contribution in [3.8, 4) is 0 Å². The molecule has 1 amide bonds. The quantitative estimate of drug-likeness (QED) is 0.591. The average Bonchev–Trinajstić information content (AvgIpc) is 2.96. The Hall–Kier alpha value is -1.70. The summed E-state index contributed by atoms with van der Waals surface area (Å²) in [5, 5.41) is 2.61. The molecule has 2 aromatic heterocycles. The number of amides is 1. The van der Waals surface area contributed by atoms with Crippen molar-refractivity contribution < 1.29 is 14.3 Å². The normalized spacial score (nSPS) is 10.4. The van der Waals surface area contributed by atoms with Gasteiger partial charge < -0.3 is 4.74 Å². The summed E-state index contributed by atoms with van der Waals surface area (Å²) in [6.07, 6.45) is 1.29. The number of hydrogen-bond donors (Lipinski definition) is 0. The van der Waals surface area contributed by atoms with Crippen molar-refractivity contribution in [2.24, 2.45) is 0 Å². The Kier molecular flexibility index (Phi) is 5.92. The fourth-order valence-corrected chi connectivity index (χ4v) is 2.92. The van der Waals surface area contributed by atoms with Crippen molar-refractivity contribution in [3.63, 3.8) is 0 Å². The van der Waals surface area contributed by atoms with Crippen LogP contribution in [0.25, 0.3) is 0 Å². The Labute approximate surface area is 147 Å². The van der Waals surface area contributed by atoms with Gasteiger partial charge in [-0.15, -0.1) is 11.3 Å². The number of carbonyl (C=O) groups excluding carboxylic acids is 2. The predicted octanol–water partition coefficient (Wildman–Crippen LogP) is 3.57. The zero-order valence-electron chi connectivity index (χ0n) is 12.4. The number of hydrogen-bond acceptors (Lipinski definition) is 6. The number of carbonyl (C=O) groups is 2.